The summed E-state index contributed by atoms with van der Waals surface area (Å²) in [5.74, 6) is 0. The van der Waals surface area contributed by atoms with Gasteiger partial charge in [0.2, 0.25) is 0 Å². The standard InChI is InChI=1S/C13H21Cl2NS/c1-2-8-16-9-6-4-3-5-7-11-10-12(14)17-13(11)15/h10,16H,2-9H2,1H3. The van der Waals surface area contributed by atoms with Crippen LogP contribution in [0, 0.1) is 0 Å². The van der Waals surface area contributed by atoms with Gasteiger partial charge in [0, 0.05) is 0 Å². The van der Waals surface area contributed by atoms with E-state index >= 15 is 0 Å². The molecule has 1 nitrogen and oxygen atoms in total. The topological polar surface area (TPSA) is 12.0 Å². The van der Waals surface area contributed by atoms with Crippen molar-refractivity contribution in [1.29, 1.82) is 0 Å². The first-order valence-electron chi connectivity index (χ1n) is 6.38. The van der Waals surface area contributed by atoms with Crippen molar-refractivity contribution in [2.45, 2.75) is 45.4 Å². The minimum absolute atomic E-state index is 0.800. The lowest BCUT2D eigenvalue weighted by molar-refractivity contribution is 0.585. The second-order valence-electron chi connectivity index (χ2n) is 4.26. The van der Waals surface area contributed by atoms with Gasteiger partial charge in [0.25, 0.3) is 0 Å². The van der Waals surface area contributed by atoms with Gasteiger partial charge in [-0.3, -0.25) is 0 Å². The Hall–Kier alpha value is 0.240. The zero-order chi connectivity index (χ0) is 12.5. The van der Waals surface area contributed by atoms with E-state index in [-0.39, 0.29) is 0 Å². The Bertz CT molecular complexity index is 312. The quantitative estimate of drug-likeness (QED) is 0.620. The molecule has 0 amide bonds. The van der Waals surface area contributed by atoms with Crippen LogP contribution < -0.4 is 5.32 Å². The Kier molecular flexibility index (Phi) is 8.29. The first kappa shape index (κ1) is 15.3. The van der Waals surface area contributed by atoms with Gasteiger partial charge in [-0.05, 0) is 50.4 Å². The average molecular weight is 294 g/mol. The van der Waals surface area contributed by atoms with Gasteiger partial charge in [-0.2, -0.15) is 0 Å². The van der Waals surface area contributed by atoms with Crippen molar-refractivity contribution in [2.75, 3.05) is 13.1 Å². The van der Waals surface area contributed by atoms with Crippen LogP contribution in [-0.2, 0) is 6.42 Å². The Morgan fingerprint density at radius 3 is 2.53 bits per heavy atom. The molecule has 1 N–H and O–H groups in total. The van der Waals surface area contributed by atoms with Gasteiger partial charge in [0.05, 0.1) is 8.67 Å². The van der Waals surface area contributed by atoms with Crippen LogP contribution in [0.5, 0.6) is 0 Å². The molecule has 0 fully saturated rings. The van der Waals surface area contributed by atoms with Crippen LogP contribution >= 0.6 is 34.5 Å². The summed E-state index contributed by atoms with van der Waals surface area (Å²) >= 11 is 13.4. The smallest absolute Gasteiger partial charge is 0.0976 e. The maximum atomic E-state index is 6.07. The maximum absolute atomic E-state index is 6.07. The molecule has 0 aliphatic rings. The van der Waals surface area contributed by atoms with Crippen LogP contribution in [0.3, 0.4) is 0 Å². The van der Waals surface area contributed by atoms with Crippen LogP contribution in [0.1, 0.15) is 44.6 Å². The number of hydrogen-bond donors (Lipinski definition) is 1. The van der Waals surface area contributed by atoms with E-state index in [0.29, 0.717) is 0 Å². The summed E-state index contributed by atoms with van der Waals surface area (Å²) in [6, 6.07) is 2.00. The third-order valence-electron chi connectivity index (χ3n) is 2.70. The molecule has 1 aromatic heterocycles. The van der Waals surface area contributed by atoms with Crippen molar-refractivity contribution in [3.63, 3.8) is 0 Å². The van der Waals surface area contributed by atoms with Crippen molar-refractivity contribution in [3.8, 4) is 0 Å². The highest BCUT2D eigenvalue weighted by Crippen LogP contribution is 2.32. The average Bonchev–Trinajstić information content (AvgIpc) is 2.61. The van der Waals surface area contributed by atoms with E-state index in [1.165, 1.54) is 49.0 Å². The first-order chi connectivity index (χ1) is 8.24. The van der Waals surface area contributed by atoms with E-state index in [9.17, 15) is 0 Å². The third-order valence-corrected chi connectivity index (χ3v) is 4.27. The van der Waals surface area contributed by atoms with E-state index in [4.69, 9.17) is 23.2 Å². The van der Waals surface area contributed by atoms with Crippen molar-refractivity contribution in [2.24, 2.45) is 0 Å². The molecule has 0 atom stereocenters. The van der Waals surface area contributed by atoms with Gasteiger partial charge in [-0.15, -0.1) is 11.3 Å². The first-order valence-corrected chi connectivity index (χ1v) is 7.95. The fraction of sp³-hybridized carbons (Fsp3) is 0.692. The highest BCUT2D eigenvalue weighted by atomic mass is 35.5. The number of rotatable bonds is 9. The molecule has 0 radical (unpaired) electrons. The summed E-state index contributed by atoms with van der Waals surface area (Å²) < 4.78 is 1.66. The fourth-order valence-electron chi connectivity index (χ4n) is 1.77. The van der Waals surface area contributed by atoms with E-state index in [2.05, 4.69) is 12.2 Å². The molecule has 0 spiro atoms. The second kappa shape index (κ2) is 9.21. The largest absolute Gasteiger partial charge is 0.317 e. The van der Waals surface area contributed by atoms with Gasteiger partial charge >= 0.3 is 0 Å². The van der Waals surface area contributed by atoms with Gasteiger partial charge in [-0.1, -0.05) is 43.0 Å². The summed E-state index contributed by atoms with van der Waals surface area (Å²) in [7, 11) is 0. The van der Waals surface area contributed by atoms with Gasteiger partial charge in [0.1, 0.15) is 0 Å². The molecule has 0 unspecified atom stereocenters. The second-order valence-corrected chi connectivity index (χ2v) is 6.55. The summed E-state index contributed by atoms with van der Waals surface area (Å²) in [4.78, 5) is 0. The van der Waals surface area contributed by atoms with Gasteiger partial charge < -0.3 is 5.32 Å². The number of aryl methyl sites for hydroxylation is 1. The van der Waals surface area contributed by atoms with Crippen LogP contribution in [-0.4, -0.2) is 13.1 Å². The zero-order valence-electron chi connectivity index (χ0n) is 10.4. The van der Waals surface area contributed by atoms with Gasteiger partial charge in [0.15, 0.2) is 0 Å². The molecule has 0 bridgehead atoms. The normalized spacial score (nSPS) is 11.0. The van der Waals surface area contributed by atoms with Crippen molar-refractivity contribution in [3.05, 3.63) is 20.3 Å². The number of thiophene rings is 1. The summed E-state index contributed by atoms with van der Waals surface area (Å²) in [6.07, 6.45) is 7.34. The molecule has 98 valence electrons. The minimum atomic E-state index is 0.800. The Morgan fingerprint density at radius 2 is 1.88 bits per heavy atom. The van der Waals surface area contributed by atoms with Crippen LogP contribution in [0.4, 0.5) is 0 Å². The molecular formula is C13H21Cl2NS. The molecular weight excluding hydrogens is 273 g/mol. The number of unbranched alkanes of at least 4 members (excludes halogenated alkanes) is 3. The highest BCUT2D eigenvalue weighted by molar-refractivity contribution is 7.20. The lowest BCUT2D eigenvalue weighted by Gasteiger charge is -2.03. The Labute approximate surface area is 119 Å². The molecule has 1 aromatic rings. The molecule has 0 aliphatic carbocycles. The van der Waals surface area contributed by atoms with E-state index in [1.807, 2.05) is 6.07 Å². The van der Waals surface area contributed by atoms with Crippen molar-refractivity contribution >= 4 is 34.5 Å². The SMILES string of the molecule is CCCNCCCCCCc1cc(Cl)sc1Cl. The van der Waals surface area contributed by atoms with Crippen molar-refractivity contribution < 1.29 is 0 Å². The fourth-order valence-corrected chi connectivity index (χ4v) is 3.31. The Balaban J connectivity index is 1.99. The molecule has 1 rings (SSSR count). The van der Waals surface area contributed by atoms with E-state index in [1.54, 1.807) is 0 Å². The lowest BCUT2D eigenvalue weighted by atomic mass is 10.1. The monoisotopic (exact) mass is 293 g/mol. The molecule has 0 aliphatic heterocycles. The number of hydrogen-bond acceptors (Lipinski definition) is 2. The molecule has 0 saturated heterocycles. The maximum Gasteiger partial charge on any atom is 0.0976 e. The zero-order valence-corrected chi connectivity index (χ0v) is 12.7. The molecule has 17 heavy (non-hydrogen) atoms. The third kappa shape index (κ3) is 6.66. The van der Waals surface area contributed by atoms with Crippen LogP contribution in [0.15, 0.2) is 6.07 Å². The summed E-state index contributed by atoms with van der Waals surface area (Å²) in [6.45, 7) is 4.49. The van der Waals surface area contributed by atoms with Crippen LogP contribution in [0.25, 0.3) is 0 Å². The number of halogens is 2. The molecule has 0 aromatic carbocycles. The predicted octanol–water partition coefficient (Wildman–Crippen LogP) is 5.16. The highest BCUT2D eigenvalue weighted by Gasteiger charge is 2.04. The minimum Gasteiger partial charge on any atom is -0.317 e. The number of nitrogens with one attached hydrogen (secondary N) is 1. The molecule has 4 heteroatoms. The summed E-state index contributed by atoms with van der Waals surface area (Å²) in [5, 5.41) is 3.42. The molecule has 0 saturated carbocycles. The van der Waals surface area contributed by atoms with E-state index in [0.717, 1.165) is 28.2 Å². The lowest BCUT2D eigenvalue weighted by Crippen LogP contribution is -2.15. The van der Waals surface area contributed by atoms with E-state index < -0.39 is 0 Å². The van der Waals surface area contributed by atoms with Gasteiger partial charge in [-0.25, -0.2) is 0 Å². The predicted molar refractivity (Wildman–Crippen MR) is 79.7 cm³/mol. The van der Waals surface area contributed by atoms with Crippen molar-refractivity contribution in [1.82, 2.24) is 5.32 Å². The Morgan fingerprint density at radius 1 is 1.12 bits per heavy atom. The molecule has 1 heterocycles. The summed E-state index contributed by atoms with van der Waals surface area (Å²) in [5.41, 5.74) is 1.21. The van der Waals surface area contributed by atoms with Crippen LogP contribution in [0.2, 0.25) is 8.67 Å².